The van der Waals surface area contributed by atoms with Gasteiger partial charge in [0, 0.05) is 6.54 Å². The maximum Gasteiger partial charge on any atom is 0.472 e. The van der Waals surface area contributed by atoms with Crippen LogP contribution in [0.4, 0.5) is 0 Å². The molecule has 0 saturated carbocycles. The molecule has 0 saturated heterocycles. The molecule has 0 aliphatic carbocycles. The quantitative estimate of drug-likeness (QED) is 0.389. The van der Waals surface area contributed by atoms with Crippen molar-refractivity contribution in [2.45, 2.75) is 39.4 Å². The molecular weight excluding hydrogens is 329 g/mol. The van der Waals surface area contributed by atoms with Gasteiger partial charge in [0.05, 0.1) is 25.7 Å². The number of ether oxygens (including phenoxy) is 1. The predicted octanol–water partition coefficient (Wildman–Crippen LogP) is 0.0290. The summed E-state index contributed by atoms with van der Waals surface area (Å²) in [5.74, 6) is -1.12. The molecule has 3 unspecified atom stereocenters. The van der Waals surface area contributed by atoms with Crippen molar-refractivity contribution in [3.05, 3.63) is 0 Å². The van der Waals surface area contributed by atoms with Crippen LogP contribution in [-0.2, 0) is 27.9 Å². The molecule has 0 heterocycles. The molecule has 4 atom stereocenters. The Morgan fingerprint density at radius 3 is 2.22 bits per heavy atom. The molecule has 0 radical (unpaired) electrons. The highest BCUT2D eigenvalue weighted by molar-refractivity contribution is 7.47. The molecule has 0 aliphatic heterocycles. The molecule has 0 spiro atoms. The van der Waals surface area contributed by atoms with Crippen LogP contribution in [0.3, 0.4) is 0 Å². The SMILES string of the molecule is CC[C@H](C(C)=O)C(OCC(O)COP(=O)(O)OCCN)C(C)=O. The van der Waals surface area contributed by atoms with Crippen molar-refractivity contribution >= 4 is 19.4 Å². The fraction of sp³-hybridized carbons (Fsp3) is 0.846. The van der Waals surface area contributed by atoms with Crippen LogP contribution in [0.15, 0.2) is 0 Å². The fourth-order valence-corrected chi connectivity index (χ4v) is 2.65. The Balaban J connectivity index is 4.43. The zero-order valence-electron chi connectivity index (χ0n) is 13.6. The van der Waals surface area contributed by atoms with E-state index in [0.29, 0.717) is 6.42 Å². The molecule has 0 bridgehead atoms. The third kappa shape index (κ3) is 9.26. The topological polar surface area (TPSA) is 145 Å². The van der Waals surface area contributed by atoms with Crippen molar-refractivity contribution in [2.75, 3.05) is 26.4 Å². The number of aliphatic hydroxyl groups excluding tert-OH is 1. The number of nitrogens with two attached hydrogens (primary N) is 1. The normalized spacial score (nSPS) is 18.0. The summed E-state index contributed by atoms with van der Waals surface area (Å²) in [6.07, 6.45) is -1.81. The first-order chi connectivity index (χ1) is 10.6. The predicted molar refractivity (Wildman–Crippen MR) is 81.7 cm³/mol. The van der Waals surface area contributed by atoms with Crippen LogP contribution in [0, 0.1) is 5.92 Å². The number of carbonyl (C=O) groups excluding carboxylic acids is 2. The van der Waals surface area contributed by atoms with Crippen LogP contribution in [0.25, 0.3) is 0 Å². The van der Waals surface area contributed by atoms with Gasteiger partial charge in [-0.2, -0.15) is 0 Å². The molecule has 0 aliphatic rings. The lowest BCUT2D eigenvalue weighted by atomic mass is 9.93. The van der Waals surface area contributed by atoms with Crippen LogP contribution in [-0.4, -0.2) is 60.1 Å². The van der Waals surface area contributed by atoms with Crippen molar-refractivity contribution in [1.29, 1.82) is 0 Å². The standard InChI is InChI=1S/C13H26NO8P/c1-4-12(9(2)15)13(10(3)16)20-7-11(17)8-22-23(18,19)21-6-5-14/h11-13,17H,4-8,14H2,1-3H3,(H,18,19)/t11?,12-,13?/m1/s1. The molecule has 10 heteroatoms. The Hall–Kier alpha value is -0.670. The van der Waals surface area contributed by atoms with E-state index in [4.69, 9.17) is 10.5 Å². The number of phosphoric acid groups is 1. The average Bonchev–Trinajstić information content (AvgIpc) is 2.46. The molecule has 0 aromatic heterocycles. The first-order valence-corrected chi connectivity index (χ1v) is 8.76. The zero-order valence-corrected chi connectivity index (χ0v) is 14.5. The second kappa shape index (κ2) is 11.0. The summed E-state index contributed by atoms with van der Waals surface area (Å²) in [6.45, 7) is 3.44. The molecule has 0 aromatic rings. The number of carbonyl (C=O) groups is 2. The highest BCUT2D eigenvalue weighted by atomic mass is 31.2. The molecule has 0 rings (SSSR count). The summed E-state index contributed by atoms with van der Waals surface area (Å²) < 4.78 is 25.7. The van der Waals surface area contributed by atoms with Crippen LogP contribution in [0.5, 0.6) is 0 Å². The van der Waals surface area contributed by atoms with Gasteiger partial charge in [0.25, 0.3) is 0 Å². The number of hydrogen-bond donors (Lipinski definition) is 3. The van der Waals surface area contributed by atoms with E-state index in [2.05, 4.69) is 9.05 Å². The Kier molecular flexibility index (Phi) is 10.7. The van der Waals surface area contributed by atoms with Crippen LogP contribution in [0.2, 0.25) is 0 Å². The van der Waals surface area contributed by atoms with Crippen molar-refractivity contribution < 1.29 is 37.9 Å². The Bertz CT molecular complexity index is 430. The Morgan fingerprint density at radius 2 is 1.78 bits per heavy atom. The van der Waals surface area contributed by atoms with Crippen LogP contribution < -0.4 is 5.73 Å². The van der Waals surface area contributed by atoms with Gasteiger partial charge in [-0.1, -0.05) is 6.92 Å². The third-order valence-corrected chi connectivity index (χ3v) is 3.98. The van der Waals surface area contributed by atoms with E-state index < -0.39 is 32.6 Å². The fourth-order valence-electron chi connectivity index (χ4n) is 1.88. The molecule has 23 heavy (non-hydrogen) atoms. The molecular formula is C13H26NO8P. The van der Waals surface area contributed by atoms with E-state index in [-0.39, 0.29) is 31.3 Å². The molecule has 0 fully saturated rings. The zero-order chi connectivity index (χ0) is 18.0. The summed E-state index contributed by atoms with van der Waals surface area (Å²) >= 11 is 0. The summed E-state index contributed by atoms with van der Waals surface area (Å²) in [6, 6.07) is 0. The smallest absolute Gasteiger partial charge is 0.388 e. The van der Waals surface area contributed by atoms with Crippen molar-refractivity contribution in [3.63, 3.8) is 0 Å². The highest BCUT2D eigenvalue weighted by Crippen LogP contribution is 2.42. The van der Waals surface area contributed by atoms with Gasteiger partial charge in [-0.25, -0.2) is 4.57 Å². The van der Waals surface area contributed by atoms with Gasteiger partial charge in [0.15, 0.2) is 5.78 Å². The number of rotatable bonds is 13. The van der Waals surface area contributed by atoms with Gasteiger partial charge in [0.2, 0.25) is 0 Å². The van der Waals surface area contributed by atoms with E-state index in [9.17, 15) is 24.2 Å². The largest absolute Gasteiger partial charge is 0.472 e. The minimum Gasteiger partial charge on any atom is -0.388 e. The maximum absolute atomic E-state index is 11.6. The second-order valence-electron chi connectivity index (χ2n) is 5.03. The Morgan fingerprint density at radius 1 is 1.17 bits per heavy atom. The number of ketones is 2. The van der Waals surface area contributed by atoms with E-state index >= 15 is 0 Å². The third-order valence-electron chi connectivity index (χ3n) is 3.00. The summed E-state index contributed by atoms with van der Waals surface area (Å²) in [7, 11) is -4.29. The van der Waals surface area contributed by atoms with Gasteiger partial charge in [0.1, 0.15) is 18.0 Å². The number of hydrogen-bond acceptors (Lipinski definition) is 8. The van der Waals surface area contributed by atoms with Gasteiger partial charge in [-0.15, -0.1) is 0 Å². The maximum atomic E-state index is 11.6. The van der Waals surface area contributed by atoms with Gasteiger partial charge >= 0.3 is 7.82 Å². The number of aliphatic hydroxyl groups is 1. The van der Waals surface area contributed by atoms with Crippen molar-refractivity contribution in [3.8, 4) is 0 Å². The van der Waals surface area contributed by atoms with Gasteiger partial charge < -0.3 is 20.5 Å². The van der Waals surface area contributed by atoms with Gasteiger partial charge in [-0.3, -0.25) is 18.6 Å². The average molecular weight is 355 g/mol. The lowest BCUT2D eigenvalue weighted by Gasteiger charge is -2.23. The molecule has 9 nitrogen and oxygen atoms in total. The van der Waals surface area contributed by atoms with E-state index in [1.807, 2.05) is 0 Å². The van der Waals surface area contributed by atoms with Crippen molar-refractivity contribution in [1.82, 2.24) is 0 Å². The molecule has 136 valence electrons. The first-order valence-electron chi connectivity index (χ1n) is 7.27. The summed E-state index contributed by atoms with van der Waals surface area (Å²) in [5.41, 5.74) is 5.13. The number of phosphoric ester groups is 1. The van der Waals surface area contributed by atoms with E-state index in [1.165, 1.54) is 13.8 Å². The lowest BCUT2D eigenvalue weighted by molar-refractivity contribution is -0.142. The summed E-state index contributed by atoms with van der Waals surface area (Å²) in [5, 5.41) is 9.70. The minimum absolute atomic E-state index is 0.0450. The van der Waals surface area contributed by atoms with Crippen LogP contribution in [0.1, 0.15) is 27.2 Å². The lowest BCUT2D eigenvalue weighted by Crippen LogP contribution is -2.37. The molecule has 4 N–H and O–H groups in total. The van der Waals surface area contributed by atoms with Crippen molar-refractivity contribution in [2.24, 2.45) is 11.7 Å². The van der Waals surface area contributed by atoms with E-state index in [1.54, 1.807) is 6.92 Å². The first kappa shape index (κ1) is 22.3. The van der Waals surface area contributed by atoms with Crippen LogP contribution >= 0.6 is 7.82 Å². The summed E-state index contributed by atoms with van der Waals surface area (Å²) in [4.78, 5) is 32.4. The highest BCUT2D eigenvalue weighted by Gasteiger charge is 2.30. The Labute approximate surface area is 135 Å². The van der Waals surface area contributed by atoms with Gasteiger partial charge in [-0.05, 0) is 20.3 Å². The number of Topliss-reactive ketones (excluding diaryl/α,β-unsaturated/α-hetero) is 2. The van der Waals surface area contributed by atoms with E-state index in [0.717, 1.165) is 0 Å². The monoisotopic (exact) mass is 355 g/mol. The molecule has 0 amide bonds. The second-order valence-corrected chi connectivity index (χ2v) is 6.48. The molecule has 0 aromatic carbocycles. The minimum atomic E-state index is -4.29.